The summed E-state index contributed by atoms with van der Waals surface area (Å²) in [4.78, 5) is 1.31. The minimum absolute atomic E-state index is 0.106. The fourth-order valence-electron chi connectivity index (χ4n) is 1.49. The van der Waals surface area contributed by atoms with Gasteiger partial charge in [0.2, 0.25) is 0 Å². The number of halogens is 3. The van der Waals surface area contributed by atoms with Gasteiger partial charge in [0.05, 0.1) is 0 Å². The molecule has 1 unspecified atom stereocenters. The molecule has 0 saturated heterocycles. The van der Waals surface area contributed by atoms with Crippen LogP contribution in [-0.2, 0) is 5.41 Å². The molecule has 1 N–H and O–H groups in total. The van der Waals surface area contributed by atoms with Crippen molar-refractivity contribution in [2.75, 3.05) is 6.54 Å². The van der Waals surface area contributed by atoms with Crippen molar-refractivity contribution in [2.45, 2.75) is 45.3 Å². The van der Waals surface area contributed by atoms with Crippen molar-refractivity contribution in [3.63, 3.8) is 0 Å². The summed E-state index contributed by atoms with van der Waals surface area (Å²) in [5.41, 5.74) is -0.106. The summed E-state index contributed by atoms with van der Waals surface area (Å²) in [5.74, 6) is 0. The quantitative estimate of drug-likeness (QED) is 0.861. The maximum absolute atomic E-state index is 12.8. The van der Waals surface area contributed by atoms with Gasteiger partial charge in [-0.1, -0.05) is 27.7 Å². The van der Waals surface area contributed by atoms with Crippen molar-refractivity contribution in [3.8, 4) is 0 Å². The van der Waals surface area contributed by atoms with E-state index in [0.29, 0.717) is 11.4 Å². The summed E-state index contributed by atoms with van der Waals surface area (Å²) < 4.78 is 38.5. The van der Waals surface area contributed by atoms with Gasteiger partial charge in [0.15, 0.2) is 0 Å². The van der Waals surface area contributed by atoms with Crippen LogP contribution in [-0.4, -0.2) is 12.7 Å². The highest BCUT2D eigenvalue weighted by Crippen LogP contribution is 2.38. The van der Waals surface area contributed by atoms with Crippen molar-refractivity contribution in [2.24, 2.45) is 0 Å². The van der Waals surface area contributed by atoms with Gasteiger partial charge in [0.25, 0.3) is 0 Å². The van der Waals surface area contributed by atoms with Crippen LogP contribution in [0.4, 0.5) is 13.2 Å². The Morgan fingerprint density at radius 1 is 1.24 bits per heavy atom. The van der Waals surface area contributed by atoms with Crippen molar-refractivity contribution in [1.82, 2.24) is 5.32 Å². The molecule has 1 aromatic rings. The first kappa shape index (κ1) is 14.5. The highest BCUT2D eigenvalue weighted by Gasteiger charge is 2.41. The fourth-order valence-corrected chi connectivity index (χ4v) is 2.66. The molecule has 1 atom stereocenters. The molecule has 5 heteroatoms. The Bertz CT molecular complexity index is 363. The molecule has 0 radical (unpaired) electrons. The van der Waals surface area contributed by atoms with E-state index in [1.54, 1.807) is 19.1 Å². The molecule has 1 rings (SSSR count). The van der Waals surface area contributed by atoms with E-state index in [0.717, 1.165) is 4.88 Å². The van der Waals surface area contributed by atoms with E-state index in [4.69, 9.17) is 0 Å². The molecule has 1 aromatic heterocycles. The standard InChI is InChI=1S/C12H18F3NS/c1-5-16-10(12(13,14)15)8-6-7-9(17-8)11(2,3)4/h6-7,10,16H,5H2,1-4H3. The zero-order chi connectivity index (χ0) is 13.3. The molecule has 0 spiro atoms. The van der Waals surface area contributed by atoms with Gasteiger partial charge in [-0.05, 0) is 24.1 Å². The normalized spacial score (nSPS) is 15.0. The molecule has 0 amide bonds. The largest absolute Gasteiger partial charge is 0.408 e. The minimum atomic E-state index is -4.24. The number of hydrogen-bond acceptors (Lipinski definition) is 2. The third-order valence-electron chi connectivity index (χ3n) is 2.39. The molecule has 0 fully saturated rings. The van der Waals surface area contributed by atoms with Crippen LogP contribution < -0.4 is 5.32 Å². The van der Waals surface area contributed by atoms with Gasteiger partial charge in [-0.2, -0.15) is 13.2 Å². The van der Waals surface area contributed by atoms with Crippen molar-refractivity contribution < 1.29 is 13.2 Å². The van der Waals surface area contributed by atoms with Crippen LogP contribution in [0.2, 0.25) is 0 Å². The Balaban J connectivity index is 3.01. The predicted molar refractivity (Wildman–Crippen MR) is 65.5 cm³/mol. The molecule has 0 aliphatic rings. The second-order valence-corrected chi connectivity index (χ2v) is 6.10. The Morgan fingerprint density at radius 3 is 2.18 bits per heavy atom. The summed E-state index contributed by atoms with van der Waals surface area (Å²) in [5, 5.41) is 2.49. The zero-order valence-corrected chi connectivity index (χ0v) is 11.3. The molecule has 0 aliphatic carbocycles. The Kier molecular flexibility index (Phi) is 4.25. The molecule has 17 heavy (non-hydrogen) atoms. The van der Waals surface area contributed by atoms with Gasteiger partial charge in [0, 0.05) is 9.75 Å². The van der Waals surface area contributed by atoms with Crippen LogP contribution in [0.15, 0.2) is 12.1 Å². The summed E-state index contributed by atoms with van der Waals surface area (Å²) in [6.45, 7) is 7.97. The lowest BCUT2D eigenvalue weighted by atomic mass is 9.95. The lowest BCUT2D eigenvalue weighted by molar-refractivity contribution is -0.156. The van der Waals surface area contributed by atoms with Crippen LogP contribution in [0.25, 0.3) is 0 Å². The third kappa shape index (κ3) is 3.71. The van der Waals surface area contributed by atoms with Gasteiger partial charge in [-0.25, -0.2) is 0 Å². The molecule has 0 saturated carbocycles. The molecule has 1 nitrogen and oxygen atoms in total. The molecular formula is C12H18F3NS. The maximum Gasteiger partial charge on any atom is 0.408 e. The lowest BCUT2D eigenvalue weighted by Crippen LogP contribution is -2.33. The van der Waals surface area contributed by atoms with Gasteiger partial charge < -0.3 is 5.32 Å². The Hall–Kier alpha value is -0.550. The van der Waals surface area contributed by atoms with E-state index in [-0.39, 0.29) is 5.41 Å². The van der Waals surface area contributed by atoms with Gasteiger partial charge in [0.1, 0.15) is 6.04 Å². The number of thiophene rings is 1. The lowest BCUT2D eigenvalue weighted by Gasteiger charge is -2.20. The number of nitrogens with one attached hydrogen (secondary N) is 1. The predicted octanol–water partition coefficient (Wildman–Crippen LogP) is 4.26. The Labute approximate surface area is 104 Å². The fraction of sp³-hybridized carbons (Fsp3) is 0.667. The van der Waals surface area contributed by atoms with Crippen molar-refractivity contribution in [3.05, 3.63) is 21.9 Å². The average Bonchev–Trinajstić information content (AvgIpc) is 2.59. The Morgan fingerprint density at radius 2 is 1.82 bits per heavy atom. The highest BCUT2D eigenvalue weighted by atomic mass is 32.1. The minimum Gasteiger partial charge on any atom is -0.302 e. The van der Waals surface area contributed by atoms with E-state index in [1.807, 2.05) is 20.8 Å². The van der Waals surface area contributed by atoms with Crippen LogP contribution in [0.5, 0.6) is 0 Å². The topological polar surface area (TPSA) is 12.0 Å². The van der Waals surface area contributed by atoms with Gasteiger partial charge in [-0.15, -0.1) is 11.3 Å². The van der Waals surface area contributed by atoms with Crippen LogP contribution in [0, 0.1) is 0 Å². The molecule has 0 aromatic carbocycles. The van der Waals surface area contributed by atoms with Crippen molar-refractivity contribution >= 4 is 11.3 Å². The number of hydrogen-bond donors (Lipinski definition) is 1. The maximum atomic E-state index is 12.8. The first-order valence-electron chi connectivity index (χ1n) is 5.56. The second kappa shape index (κ2) is 4.98. The SMILES string of the molecule is CCNC(c1ccc(C(C)(C)C)s1)C(F)(F)F. The van der Waals surface area contributed by atoms with E-state index >= 15 is 0 Å². The monoisotopic (exact) mass is 265 g/mol. The van der Waals surface area contributed by atoms with E-state index in [9.17, 15) is 13.2 Å². The summed E-state index contributed by atoms with van der Waals surface area (Å²) in [7, 11) is 0. The van der Waals surface area contributed by atoms with Gasteiger partial charge >= 0.3 is 6.18 Å². The van der Waals surface area contributed by atoms with E-state index in [2.05, 4.69) is 5.32 Å². The summed E-state index contributed by atoms with van der Waals surface area (Å²) in [6, 6.07) is 1.82. The van der Waals surface area contributed by atoms with Crippen molar-refractivity contribution in [1.29, 1.82) is 0 Å². The number of rotatable bonds is 3. The molecule has 98 valence electrons. The molecular weight excluding hydrogens is 247 g/mol. The smallest absolute Gasteiger partial charge is 0.302 e. The van der Waals surface area contributed by atoms with Crippen LogP contribution in [0.1, 0.15) is 43.5 Å². The van der Waals surface area contributed by atoms with Crippen LogP contribution >= 0.6 is 11.3 Å². The molecule has 1 heterocycles. The average molecular weight is 265 g/mol. The highest BCUT2D eigenvalue weighted by molar-refractivity contribution is 7.12. The first-order valence-corrected chi connectivity index (χ1v) is 6.38. The zero-order valence-electron chi connectivity index (χ0n) is 10.5. The van der Waals surface area contributed by atoms with E-state index in [1.165, 1.54) is 11.3 Å². The molecule has 0 bridgehead atoms. The van der Waals surface area contributed by atoms with Gasteiger partial charge in [-0.3, -0.25) is 0 Å². The summed E-state index contributed by atoms with van der Waals surface area (Å²) in [6.07, 6.45) is -4.24. The summed E-state index contributed by atoms with van der Waals surface area (Å²) >= 11 is 1.23. The van der Waals surface area contributed by atoms with Crippen LogP contribution in [0.3, 0.4) is 0 Å². The molecule has 0 aliphatic heterocycles. The second-order valence-electron chi connectivity index (χ2n) is 4.98. The van der Waals surface area contributed by atoms with E-state index < -0.39 is 12.2 Å². The number of alkyl halides is 3. The first-order chi connectivity index (χ1) is 7.66. The third-order valence-corrected chi connectivity index (χ3v) is 3.96.